The maximum Gasteiger partial charge on any atom is 0.337 e. The molecule has 2 aromatic carbocycles. The SMILES string of the molecule is CCn1c(=O)c2c(ncn2Cc2ccc(C)cc2)n(-c2ccccc2Cl)c1=O. The maximum atomic E-state index is 13.0. The molecule has 142 valence electrons. The van der Waals surface area contributed by atoms with E-state index < -0.39 is 5.69 Å². The molecule has 0 saturated heterocycles. The molecule has 0 aliphatic heterocycles. The Bertz CT molecular complexity index is 1280. The molecule has 0 aliphatic rings. The molecule has 0 unspecified atom stereocenters. The summed E-state index contributed by atoms with van der Waals surface area (Å²) in [5.74, 6) is 0. The number of fused-ring (bicyclic) bond motifs is 1. The highest BCUT2D eigenvalue weighted by molar-refractivity contribution is 6.32. The van der Waals surface area contributed by atoms with Gasteiger partial charge in [0.1, 0.15) is 0 Å². The largest absolute Gasteiger partial charge is 0.337 e. The Morgan fingerprint density at radius 3 is 2.43 bits per heavy atom. The normalized spacial score (nSPS) is 11.2. The van der Waals surface area contributed by atoms with E-state index in [-0.39, 0.29) is 12.1 Å². The van der Waals surface area contributed by atoms with E-state index in [4.69, 9.17) is 11.6 Å². The smallest absolute Gasteiger partial charge is 0.320 e. The molecule has 0 radical (unpaired) electrons. The number of halogens is 1. The molecule has 0 atom stereocenters. The summed E-state index contributed by atoms with van der Waals surface area (Å²) in [4.78, 5) is 30.4. The molecule has 4 aromatic rings. The van der Waals surface area contributed by atoms with Gasteiger partial charge in [-0.2, -0.15) is 0 Å². The van der Waals surface area contributed by atoms with E-state index in [1.807, 2.05) is 31.2 Å². The average Bonchev–Trinajstić information content (AvgIpc) is 3.09. The van der Waals surface area contributed by atoms with Crippen LogP contribution < -0.4 is 11.2 Å². The van der Waals surface area contributed by atoms with E-state index in [0.717, 1.165) is 5.56 Å². The second kappa shape index (κ2) is 7.13. The summed E-state index contributed by atoms with van der Waals surface area (Å²) in [6.45, 7) is 4.54. The van der Waals surface area contributed by atoms with Crippen LogP contribution in [0.1, 0.15) is 18.1 Å². The fourth-order valence-corrected chi connectivity index (χ4v) is 3.54. The van der Waals surface area contributed by atoms with Gasteiger partial charge in [-0.3, -0.25) is 9.36 Å². The van der Waals surface area contributed by atoms with Gasteiger partial charge in [0.15, 0.2) is 11.2 Å². The van der Waals surface area contributed by atoms with E-state index in [1.54, 1.807) is 42.1 Å². The monoisotopic (exact) mass is 394 g/mol. The van der Waals surface area contributed by atoms with Crippen molar-refractivity contribution in [3.63, 3.8) is 0 Å². The Morgan fingerprint density at radius 2 is 1.75 bits per heavy atom. The number of benzene rings is 2. The van der Waals surface area contributed by atoms with Crippen LogP contribution in [0.5, 0.6) is 0 Å². The van der Waals surface area contributed by atoms with Crippen molar-refractivity contribution >= 4 is 22.8 Å². The number of aryl methyl sites for hydroxylation is 1. The zero-order valence-corrected chi connectivity index (χ0v) is 16.3. The van der Waals surface area contributed by atoms with Crippen molar-refractivity contribution in [1.29, 1.82) is 0 Å². The molecular weight excluding hydrogens is 376 g/mol. The van der Waals surface area contributed by atoms with Gasteiger partial charge in [0.05, 0.1) is 17.0 Å². The van der Waals surface area contributed by atoms with Crippen molar-refractivity contribution in [2.75, 3.05) is 0 Å². The van der Waals surface area contributed by atoms with Gasteiger partial charge >= 0.3 is 5.69 Å². The summed E-state index contributed by atoms with van der Waals surface area (Å²) < 4.78 is 4.40. The van der Waals surface area contributed by atoms with Crippen LogP contribution in [0.25, 0.3) is 16.9 Å². The third-order valence-corrected chi connectivity index (χ3v) is 5.10. The lowest BCUT2D eigenvalue weighted by molar-refractivity contribution is 0.655. The van der Waals surface area contributed by atoms with Crippen LogP contribution in [0.3, 0.4) is 0 Å². The minimum absolute atomic E-state index is 0.258. The second-order valence-electron chi connectivity index (χ2n) is 6.65. The number of rotatable bonds is 4. The van der Waals surface area contributed by atoms with Crippen LogP contribution in [-0.4, -0.2) is 18.7 Å². The van der Waals surface area contributed by atoms with Crippen molar-refractivity contribution in [1.82, 2.24) is 18.7 Å². The van der Waals surface area contributed by atoms with Crippen molar-refractivity contribution < 1.29 is 0 Å². The first-order chi connectivity index (χ1) is 13.5. The third kappa shape index (κ3) is 2.96. The predicted octanol–water partition coefficient (Wildman–Crippen LogP) is 3.38. The molecule has 0 amide bonds. The topological polar surface area (TPSA) is 61.8 Å². The standard InChI is InChI=1S/C21H19ClN4O2/c1-3-25-20(27)18-19(26(21(25)28)17-7-5-4-6-16(17)22)23-13-24(18)12-15-10-8-14(2)9-11-15/h4-11,13H,3,12H2,1-2H3. The number of hydrogen-bond acceptors (Lipinski definition) is 3. The Kier molecular flexibility index (Phi) is 4.65. The first-order valence-corrected chi connectivity index (χ1v) is 9.40. The molecule has 28 heavy (non-hydrogen) atoms. The summed E-state index contributed by atoms with van der Waals surface area (Å²) in [5.41, 5.74) is 2.59. The van der Waals surface area contributed by atoms with E-state index in [0.29, 0.717) is 28.4 Å². The van der Waals surface area contributed by atoms with Crippen LogP contribution >= 0.6 is 11.6 Å². The molecule has 0 bridgehead atoms. The van der Waals surface area contributed by atoms with Crippen molar-refractivity contribution in [3.05, 3.63) is 91.8 Å². The van der Waals surface area contributed by atoms with Crippen LogP contribution in [0.4, 0.5) is 0 Å². The van der Waals surface area contributed by atoms with Gasteiger partial charge in [-0.15, -0.1) is 0 Å². The number of para-hydroxylation sites is 1. The second-order valence-corrected chi connectivity index (χ2v) is 7.06. The van der Waals surface area contributed by atoms with E-state index in [1.165, 1.54) is 14.7 Å². The van der Waals surface area contributed by atoms with Gasteiger partial charge in [0.25, 0.3) is 5.56 Å². The number of nitrogens with zero attached hydrogens (tertiary/aromatic N) is 4. The summed E-state index contributed by atoms with van der Waals surface area (Å²) in [6, 6.07) is 15.1. The number of imidazole rings is 1. The first kappa shape index (κ1) is 18.3. The van der Waals surface area contributed by atoms with Crippen LogP contribution in [-0.2, 0) is 13.1 Å². The molecule has 6 nitrogen and oxygen atoms in total. The fourth-order valence-electron chi connectivity index (χ4n) is 3.32. The Balaban J connectivity index is 2.00. The Hall–Kier alpha value is -3.12. The van der Waals surface area contributed by atoms with E-state index >= 15 is 0 Å². The van der Waals surface area contributed by atoms with Gasteiger partial charge < -0.3 is 4.57 Å². The lowest BCUT2D eigenvalue weighted by Crippen LogP contribution is -2.39. The summed E-state index contributed by atoms with van der Waals surface area (Å²) in [7, 11) is 0. The van der Waals surface area contributed by atoms with Crippen LogP contribution in [0.15, 0.2) is 64.4 Å². The van der Waals surface area contributed by atoms with Crippen molar-refractivity contribution in [3.8, 4) is 5.69 Å². The molecule has 7 heteroatoms. The molecule has 0 spiro atoms. The maximum absolute atomic E-state index is 13.0. The predicted molar refractivity (Wildman–Crippen MR) is 111 cm³/mol. The van der Waals surface area contributed by atoms with E-state index in [9.17, 15) is 9.59 Å². The van der Waals surface area contributed by atoms with Crippen LogP contribution in [0, 0.1) is 6.92 Å². The van der Waals surface area contributed by atoms with E-state index in [2.05, 4.69) is 4.98 Å². The fraction of sp³-hybridized carbons (Fsp3) is 0.190. The zero-order valence-electron chi connectivity index (χ0n) is 15.6. The third-order valence-electron chi connectivity index (χ3n) is 4.78. The minimum atomic E-state index is -0.450. The number of aromatic nitrogens is 4. The lowest BCUT2D eigenvalue weighted by atomic mass is 10.1. The summed E-state index contributed by atoms with van der Waals surface area (Å²) >= 11 is 6.34. The highest BCUT2D eigenvalue weighted by Gasteiger charge is 2.19. The number of hydrogen-bond donors (Lipinski definition) is 0. The van der Waals surface area contributed by atoms with Gasteiger partial charge in [-0.05, 0) is 31.5 Å². The molecule has 4 rings (SSSR count). The summed E-state index contributed by atoms with van der Waals surface area (Å²) in [5, 5.41) is 0.417. The van der Waals surface area contributed by atoms with Gasteiger partial charge in [-0.1, -0.05) is 53.6 Å². The average molecular weight is 395 g/mol. The van der Waals surface area contributed by atoms with Crippen molar-refractivity contribution in [2.24, 2.45) is 0 Å². The minimum Gasteiger partial charge on any atom is -0.320 e. The van der Waals surface area contributed by atoms with Crippen molar-refractivity contribution in [2.45, 2.75) is 26.9 Å². The Labute approximate surface area is 166 Å². The zero-order chi connectivity index (χ0) is 19.8. The molecular formula is C21H19ClN4O2. The highest BCUT2D eigenvalue weighted by atomic mass is 35.5. The Morgan fingerprint density at radius 1 is 1.04 bits per heavy atom. The molecule has 0 aliphatic carbocycles. The summed E-state index contributed by atoms with van der Waals surface area (Å²) in [6.07, 6.45) is 1.60. The van der Waals surface area contributed by atoms with Gasteiger partial charge in [0, 0.05) is 13.1 Å². The lowest BCUT2D eigenvalue weighted by Gasteiger charge is -2.12. The molecule has 0 saturated carbocycles. The molecule has 0 N–H and O–H groups in total. The highest BCUT2D eigenvalue weighted by Crippen LogP contribution is 2.21. The molecule has 2 heterocycles. The van der Waals surface area contributed by atoms with Gasteiger partial charge in [-0.25, -0.2) is 14.3 Å². The van der Waals surface area contributed by atoms with Gasteiger partial charge in [0.2, 0.25) is 0 Å². The first-order valence-electron chi connectivity index (χ1n) is 9.02. The molecule has 0 fully saturated rings. The quantitative estimate of drug-likeness (QED) is 0.533. The molecule has 2 aromatic heterocycles. The van der Waals surface area contributed by atoms with Crippen LogP contribution in [0.2, 0.25) is 5.02 Å².